The van der Waals surface area contributed by atoms with E-state index in [4.69, 9.17) is 4.42 Å². The van der Waals surface area contributed by atoms with Gasteiger partial charge in [-0.15, -0.1) is 0 Å². The third-order valence-corrected chi connectivity index (χ3v) is 8.94. The molecule has 0 radical (unpaired) electrons. The van der Waals surface area contributed by atoms with Gasteiger partial charge in [0.05, 0.1) is 16.7 Å². The van der Waals surface area contributed by atoms with Gasteiger partial charge in [0.25, 0.3) is 0 Å². The van der Waals surface area contributed by atoms with Crippen molar-refractivity contribution >= 4 is 65.3 Å². The summed E-state index contributed by atoms with van der Waals surface area (Å²) >= 11 is 0. The maximum atomic E-state index is 6.43. The number of para-hydroxylation sites is 2. The molecule has 1 aliphatic rings. The Hall–Kier alpha value is -5.34. The minimum atomic E-state index is 0.932. The van der Waals surface area contributed by atoms with Crippen molar-refractivity contribution in [1.29, 1.82) is 0 Å². The summed E-state index contributed by atoms with van der Waals surface area (Å²) in [5, 5.41) is 9.84. The summed E-state index contributed by atoms with van der Waals surface area (Å²) in [6, 6.07) is 46.3. The molecular formula is C40H27NO. The number of fused-ring (bicyclic) bond motifs is 12. The number of hydrogen-bond acceptors (Lipinski definition) is 1. The van der Waals surface area contributed by atoms with E-state index >= 15 is 0 Å². The molecule has 0 amide bonds. The summed E-state index contributed by atoms with van der Waals surface area (Å²) < 4.78 is 8.89. The Kier molecular flexibility index (Phi) is 4.77. The first kappa shape index (κ1) is 23.4. The molecule has 10 rings (SSSR count). The Morgan fingerprint density at radius 1 is 0.405 bits per heavy atom. The lowest BCUT2D eigenvalue weighted by Crippen LogP contribution is -1.95. The minimum absolute atomic E-state index is 0.932. The maximum absolute atomic E-state index is 6.43. The summed E-state index contributed by atoms with van der Waals surface area (Å²) in [4.78, 5) is 0. The van der Waals surface area contributed by atoms with Gasteiger partial charge in [0.1, 0.15) is 11.2 Å². The lowest BCUT2D eigenvalue weighted by Gasteiger charge is -2.13. The maximum Gasteiger partial charge on any atom is 0.143 e. The molecule has 1 aliphatic carbocycles. The molecule has 0 spiro atoms. The van der Waals surface area contributed by atoms with E-state index in [0.29, 0.717) is 0 Å². The quantitative estimate of drug-likeness (QED) is 0.204. The van der Waals surface area contributed by atoms with Crippen molar-refractivity contribution in [2.75, 3.05) is 0 Å². The topological polar surface area (TPSA) is 18.1 Å². The second-order valence-electron chi connectivity index (χ2n) is 10.9. The van der Waals surface area contributed by atoms with Crippen LogP contribution in [-0.2, 0) is 0 Å². The molecule has 0 N–H and O–H groups in total. The van der Waals surface area contributed by atoms with E-state index in [2.05, 4.69) is 126 Å². The third kappa shape index (κ3) is 2.89. The van der Waals surface area contributed by atoms with Crippen LogP contribution in [-0.4, -0.2) is 4.57 Å². The molecule has 0 aliphatic heterocycles. The van der Waals surface area contributed by atoms with Gasteiger partial charge in [-0.1, -0.05) is 105 Å². The van der Waals surface area contributed by atoms with Gasteiger partial charge >= 0.3 is 0 Å². The average Bonchev–Trinajstić information content (AvgIpc) is 3.71. The lowest BCUT2D eigenvalue weighted by molar-refractivity contribution is 0.672. The van der Waals surface area contributed by atoms with Crippen molar-refractivity contribution in [2.24, 2.45) is 0 Å². The van der Waals surface area contributed by atoms with Crippen LogP contribution in [0.3, 0.4) is 0 Å². The van der Waals surface area contributed by atoms with Crippen LogP contribution >= 0.6 is 0 Å². The highest BCUT2D eigenvalue weighted by atomic mass is 16.3. The van der Waals surface area contributed by atoms with Crippen LogP contribution in [0, 0.1) is 0 Å². The number of nitrogens with zero attached hydrogens (tertiary/aromatic N) is 1. The summed E-state index contributed by atoms with van der Waals surface area (Å²) in [5.74, 6) is 0. The summed E-state index contributed by atoms with van der Waals surface area (Å²) in [6.45, 7) is 4.00. The van der Waals surface area contributed by atoms with E-state index in [-0.39, 0.29) is 0 Å². The molecule has 198 valence electrons. The molecule has 0 atom stereocenters. The SMILES string of the molecule is CC.c1ccc2c(c1)-c1cccc3c(-n4c5ccccc5c5c6ccc7c8ccccc8oc7c6ccc54)ccc-2c13. The molecule has 2 nitrogen and oxygen atoms in total. The number of hydrogen-bond donors (Lipinski definition) is 0. The molecule has 2 heteroatoms. The van der Waals surface area contributed by atoms with E-state index in [1.54, 1.807) is 0 Å². The van der Waals surface area contributed by atoms with Crippen molar-refractivity contribution in [3.05, 3.63) is 127 Å². The highest BCUT2D eigenvalue weighted by molar-refractivity contribution is 6.27. The van der Waals surface area contributed by atoms with Crippen molar-refractivity contribution < 1.29 is 4.42 Å². The van der Waals surface area contributed by atoms with Crippen molar-refractivity contribution in [1.82, 2.24) is 4.57 Å². The molecule has 0 bridgehead atoms. The van der Waals surface area contributed by atoms with Crippen molar-refractivity contribution in [2.45, 2.75) is 13.8 Å². The van der Waals surface area contributed by atoms with Crippen LogP contribution in [0.4, 0.5) is 0 Å². The van der Waals surface area contributed by atoms with Gasteiger partial charge in [-0.3, -0.25) is 0 Å². The van der Waals surface area contributed by atoms with E-state index in [1.165, 1.54) is 71.3 Å². The van der Waals surface area contributed by atoms with E-state index < -0.39 is 0 Å². The molecule has 0 saturated carbocycles. The zero-order valence-electron chi connectivity index (χ0n) is 23.5. The Morgan fingerprint density at radius 3 is 1.88 bits per heavy atom. The molecule has 0 saturated heterocycles. The monoisotopic (exact) mass is 537 g/mol. The zero-order chi connectivity index (χ0) is 27.9. The van der Waals surface area contributed by atoms with Crippen LogP contribution < -0.4 is 0 Å². The highest BCUT2D eigenvalue weighted by Gasteiger charge is 2.24. The summed E-state index contributed by atoms with van der Waals surface area (Å²) in [7, 11) is 0. The highest BCUT2D eigenvalue weighted by Crippen LogP contribution is 2.49. The van der Waals surface area contributed by atoms with Gasteiger partial charge in [-0.25, -0.2) is 0 Å². The standard InChI is InChI=1S/C38H21NO.C2H6/c1-2-9-23-22(8-1)25-12-7-13-30-33(20-18-26(23)36(25)30)39-32-14-5-3-11-31(32)37-27-16-17-28-24-10-4-6-15-35(24)40-38(28)29(27)19-21-34(37)39;1-2/h1-21H;1-2H3. The van der Waals surface area contributed by atoms with Gasteiger partial charge in [-0.05, 0) is 69.4 Å². The Balaban J connectivity index is 0.00000123. The molecule has 2 heterocycles. The van der Waals surface area contributed by atoms with E-state index in [0.717, 1.165) is 21.9 Å². The smallest absolute Gasteiger partial charge is 0.143 e. The van der Waals surface area contributed by atoms with Crippen LogP contribution in [0.25, 0.3) is 93.2 Å². The van der Waals surface area contributed by atoms with Gasteiger partial charge in [-0.2, -0.15) is 0 Å². The van der Waals surface area contributed by atoms with Gasteiger partial charge in [0.15, 0.2) is 0 Å². The normalized spacial score (nSPS) is 12.0. The van der Waals surface area contributed by atoms with E-state index in [9.17, 15) is 0 Å². The number of furan rings is 1. The first-order chi connectivity index (χ1) is 20.9. The van der Waals surface area contributed by atoms with Crippen LogP contribution in [0.2, 0.25) is 0 Å². The molecular weight excluding hydrogens is 510 g/mol. The molecule has 7 aromatic carbocycles. The summed E-state index contributed by atoms with van der Waals surface area (Å²) in [6.07, 6.45) is 0. The third-order valence-electron chi connectivity index (χ3n) is 8.94. The fourth-order valence-electron chi connectivity index (χ4n) is 7.30. The fourth-order valence-corrected chi connectivity index (χ4v) is 7.30. The van der Waals surface area contributed by atoms with Gasteiger partial charge in [0.2, 0.25) is 0 Å². The molecule has 9 aromatic rings. The molecule has 0 unspecified atom stereocenters. The zero-order valence-corrected chi connectivity index (χ0v) is 23.5. The predicted octanol–water partition coefficient (Wildman–Crippen LogP) is 11.7. The van der Waals surface area contributed by atoms with Gasteiger partial charge < -0.3 is 8.98 Å². The largest absolute Gasteiger partial charge is 0.455 e. The fraction of sp³-hybridized carbons (Fsp3) is 0.0500. The number of aromatic nitrogens is 1. The summed E-state index contributed by atoms with van der Waals surface area (Å²) in [5.41, 5.74) is 10.8. The Labute approximate surface area is 243 Å². The first-order valence-corrected chi connectivity index (χ1v) is 14.8. The Bertz CT molecular complexity index is 2510. The Morgan fingerprint density at radius 2 is 1.02 bits per heavy atom. The second kappa shape index (κ2) is 8.58. The van der Waals surface area contributed by atoms with Crippen LogP contribution in [0.15, 0.2) is 132 Å². The lowest BCUT2D eigenvalue weighted by atomic mass is 10.0. The first-order valence-electron chi connectivity index (χ1n) is 14.8. The molecule has 2 aromatic heterocycles. The average molecular weight is 538 g/mol. The van der Waals surface area contributed by atoms with Crippen LogP contribution in [0.5, 0.6) is 0 Å². The number of benzene rings is 7. The number of rotatable bonds is 1. The van der Waals surface area contributed by atoms with Crippen molar-refractivity contribution in [3.63, 3.8) is 0 Å². The van der Waals surface area contributed by atoms with Crippen LogP contribution in [0.1, 0.15) is 13.8 Å². The minimum Gasteiger partial charge on any atom is -0.455 e. The molecule has 0 fully saturated rings. The predicted molar refractivity (Wildman–Crippen MR) is 179 cm³/mol. The van der Waals surface area contributed by atoms with Gasteiger partial charge in [0, 0.05) is 32.3 Å². The van der Waals surface area contributed by atoms with E-state index in [1.807, 2.05) is 19.9 Å². The second-order valence-corrected chi connectivity index (χ2v) is 10.9. The van der Waals surface area contributed by atoms with Crippen molar-refractivity contribution in [3.8, 4) is 27.9 Å². The molecule has 42 heavy (non-hydrogen) atoms.